The van der Waals surface area contributed by atoms with Crippen molar-refractivity contribution in [1.29, 1.82) is 0 Å². The van der Waals surface area contributed by atoms with E-state index in [2.05, 4.69) is 5.32 Å². The minimum Gasteiger partial charge on any atom is -0.483 e. The number of nitrogen functional groups attached to an aromatic ring is 1. The average molecular weight is 307 g/mol. The van der Waals surface area contributed by atoms with Crippen molar-refractivity contribution in [1.82, 2.24) is 0 Å². The molecule has 4 N–H and O–H groups in total. The van der Waals surface area contributed by atoms with Crippen LogP contribution in [0.1, 0.15) is 5.56 Å². The van der Waals surface area contributed by atoms with Crippen molar-refractivity contribution in [2.45, 2.75) is 6.61 Å². The van der Waals surface area contributed by atoms with Crippen LogP contribution in [-0.4, -0.2) is 17.6 Å². The predicted octanol–water partition coefficient (Wildman–Crippen LogP) is 2.43. The number of hydrogen-bond acceptors (Lipinski definition) is 4. The van der Waals surface area contributed by atoms with Crippen LogP contribution in [0.3, 0.4) is 0 Å². The predicted molar refractivity (Wildman–Crippen MR) is 82.4 cm³/mol. The van der Waals surface area contributed by atoms with E-state index in [1.165, 1.54) is 0 Å². The van der Waals surface area contributed by atoms with Gasteiger partial charge < -0.3 is 20.9 Å². The summed E-state index contributed by atoms with van der Waals surface area (Å²) in [5.74, 6) is 0.103. The summed E-state index contributed by atoms with van der Waals surface area (Å²) in [7, 11) is 0. The molecule has 0 aliphatic rings. The lowest BCUT2D eigenvalue weighted by molar-refractivity contribution is -0.118. The van der Waals surface area contributed by atoms with E-state index >= 15 is 0 Å². The number of halogens is 1. The number of rotatable bonds is 5. The summed E-state index contributed by atoms with van der Waals surface area (Å²) in [4.78, 5) is 11.9. The van der Waals surface area contributed by atoms with Gasteiger partial charge in [-0.15, -0.1) is 0 Å². The highest BCUT2D eigenvalue weighted by molar-refractivity contribution is 6.31. The van der Waals surface area contributed by atoms with E-state index in [4.69, 9.17) is 22.1 Å². The van der Waals surface area contributed by atoms with Gasteiger partial charge in [0.2, 0.25) is 0 Å². The maximum atomic E-state index is 11.9. The van der Waals surface area contributed by atoms with Crippen molar-refractivity contribution in [3.63, 3.8) is 0 Å². The van der Waals surface area contributed by atoms with Crippen LogP contribution in [0.15, 0.2) is 42.5 Å². The van der Waals surface area contributed by atoms with Crippen molar-refractivity contribution < 1.29 is 14.6 Å². The molecule has 5 nitrogen and oxygen atoms in total. The van der Waals surface area contributed by atoms with Crippen molar-refractivity contribution in [3.8, 4) is 5.75 Å². The Balaban J connectivity index is 1.97. The van der Waals surface area contributed by atoms with Gasteiger partial charge in [0.05, 0.1) is 18.0 Å². The number of ether oxygens (including phenoxy) is 1. The zero-order valence-corrected chi connectivity index (χ0v) is 11.9. The maximum absolute atomic E-state index is 11.9. The summed E-state index contributed by atoms with van der Waals surface area (Å²) in [5.41, 5.74) is 7.22. The Morgan fingerprint density at radius 1 is 1.29 bits per heavy atom. The molecule has 0 aliphatic carbocycles. The van der Waals surface area contributed by atoms with Crippen molar-refractivity contribution in [3.05, 3.63) is 53.1 Å². The van der Waals surface area contributed by atoms with Gasteiger partial charge in [0, 0.05) is 10.6 Å². The van der Waals surface area contributed by atoms with Crippen molar-refractivity contribution in [2.24, 2.45) is 0 Å². The first-order chi connectivity index (χ1) is 10.1. The molecule has 0 saturated carbocycles. The highest BCUT2D eigenvalue weighted by Crippen LogP contribution is 2.23. The number of amides is 1. The van der Waals surface area contributed by atoms with Crippen LogP contribution in [0.4, 0.5) is 11.4 Å². The highest BCUT2D eigenvalue weighted by Gasteiger charge is 2.08. The molecule has 0 fully saturated rings. The molecule has 110 valence electrons. The third-order valence-electron chi connectivity index (χ3n) is 2.79. The number of nitrogens with two attached hydrogens (primary N) is 1. The molecule has 6 heteroatoms. The third-order valence-corrected chi connectivity index (χ3v) is 3.03. The van der Waals surface area contributed by atoms with Crippen LogP contribution >= 0.6 is 11.6 Å². The fraction of sp³-hybridized carbons (Fsp3) is 0.133. The number of aliphatic hydroxyl groups is 1. The molecule has 2 aromatic carbocycles. The first-order valence-electron chi connectivity index (χ1n) is 6.26. The summed E-state index contributed by atoms with van der Waals surface area (Å²) in [5, 5.41) is 12.3. The van der Waals surface area contributed by atoms with Gasteiger partial charge in [0.15, 0.2) is 6.61 Å². The van der Waals surface area contributed by atoms with Gasteiger partial charge in [-0.05, 0) is 24.3 Å². The van der Waals surface area contributed by atoms with E-state index in [1.54, 1.807) is 42.5 Å². The largest absolute Gasteiger partial charge is 0.483 e. The number of para-hydroxylation sites is 1. The lowest BCUT2D eigenvalue weighted by Crippen LogP contribution is -2.21. The highest BCUT2D eigenvalue weighted by atomic mass is 35.5. The van der Waals surface area contributed by atoms with Gasteiger partial charge in [-0.2, -0.15) is 0 Å². The van der Waals surface area contributed by atoms with Gasteiger partial charge in [0.1, 0.15) is 5.75 Å². The van der Waals surface area contributed by atoms with E-state index in [1.807, 2.05) is 0 Å². The molecule has 0 aromatic heterocycles. The van der Waals surface area contributed by atoms with E-state index in [0.717, 1.165) is 0 Å². The number of hydrogen-bond donors (Lipinski definition) is 3. The molecule has 0 unspecified atom stereocenters. The Kier molecular flexibility index (Phi) is 5.03. The summed E-state index contributed by atoms with van der Waals surface area (Å²) in [6.45, 7) is -0.345. The van der Waals surface area contributed by atoms with Crippen LogP contribution in [0.5, 0.6) is 5.75 Å². The molecule has 0 radical (unpaired) electrons. The zero-order chi connectivity index (χ0) is 15.2. The standard InChI is InChI=1S/C15H15ClN2O3/c16-11-5-6-12(17)13(7-11)18-15(20)9-21-14-4-2-1-3-10(14)8-19/h1-7,19H,8-9,17H2,(H,18,20). The number of carbonyl (C=O) groups excluding carboxylic acids is 1. The Morgan fingerprint density at radius 2 is 2.05 bits per heavy atom. The van der Waals surface area contributed by atoms with Crippen LogP contribution in [0, 0.1) is 0 Å². The minimum atomic E-state index is -0.364. The first-order valence-corrected chi connectivity index (χ1v) is 6.64. The SMILES string of the molecule is Nc1ccc(Cl)cc1NC(=O)COc1ccccc1CO. The molecule has 0 saturated heterocycles. The summed E-state index contributed by atoms with van der Waals surface area (Å²) in [6, 6.07) is 11.8. The molecule has 0 aliphatic heterocycles. The minimum absolute atomic E-state index is 0.154. The Bertz CT molecular complexity index is 647. The van der Waals surface area contributed by atoms with Crippen LogP contribution in [-0.2, 0) is 11.4 Å². The Morgan fingerprint density at radius 3 is 2.81 bits per heavy atom. The molecule has 0 heterocycles. The number of anilines is 2. The van der Waals surface area contributed by atoms with Gasteiger partial charge in [-0.25, -0.2) is 0 Å². The molecule has 1 amide bonds. The molecule has 0 spiro atoms. The smallest absolute Gasteiger partial charge is 0.262 e. The number of nitrogens with one attached hydrogen (secondary N) is 1. The second-order valence-electron chi connectivity index (χ2n) is 4.33. The fourth-order valence-corrected chi connectivity index (χ4v) is 1.91. The van der Waals surface area contributed by atoms with E-state index in [0.29, 0.717) is 27.7 Å². The number of aliphatic hydroxyl groups excluding tert-OH is 1. The quantitative estimate of drug-likeness (QED) is 0.741. The third kappa shape index (κ3) is 4.11. The summed E-state index contributed by atoms with van der Waals surface area (Å²) in [6.07, 6.45) is 0. The van der Waals surface area contributed by atoms with E-state index in [-0.39, 0.29) is 19.1 Å². The van der Waals surface area contributed by atoms with Gasteiger partial charge in [-0.1, -0.05) is 29.8 Å². The average Bonchev–Trinajstić information content (AvgIpc) is 2.49. The molecule has 2 rings (SSSR count). The van der Waals surface area contributed by atoms with Gasteiger partial charge >= 0.3 is 0 Å². The Labute approximate surface area is 127 Å². The molecule has 0 atom stereocenters. The van der Waals surface area contributed by atoms with E-state index < -0.39 is 0 Å². The van der Waals surface area contributed by atoms with Gasteiger partial charge in [0.25, 0.3) is 5.91 Å². The fourth-order valence-electron chi connectivity index (χ4n) is 1.74. The molecule has 21 heavy (non-hydrogen) atoms. The lowest BCUT2D eigenvalue weighted by atomic mass is 10.2. The normalized spacial score (nSPS) is 10.2. The maximum Gasteiger partial charge on any atom is 0.262 e. The Hall–Kier alpha value is -2.24. The first kappa shape index (κ1) is 15.2. The number of carbonyl (C=O) groups is 1. The molecule has 0 bridgehead atoms. The topological polar surface area (TPSA) is 84.6 Å². The summed E-state index contributed by atoms with van der Waals surface area (Å²) >= 11 is 5.85. The monoisotopic (exact) mass is 306 g/mol. The van der Waals surface area contributed by atoms with Crippen molar-refractivity contribution in [2.75, 3.05) is 17.7 Å². The zero-order valence-electron chi connectivity index (χ0n) is 11.2. The lowest BCUT2D eigenvalue weighted by Gasteiger charge is -2.11. The van der Waals surface area contributed by atoms with E-state index in [9.17, 15) is 9.90 Å². The van der Waals surface area contributed by atoms with Crippen LogP contribution in [0.25, 0.3) is 0 Å². The summed E-state index contributed by atoms with van der Waals surface area (Å²) < 4.78 is 5.39. The van der Waals surface area contributed by atoms with Gasteiger partial charge in [-0.3, -0.25) is 4.79 Å². The molecule has 2 aromatic rings. The number of benzene rings is 2. The second kappa shape index (κ2) is 6.97. The van der Waals surface area contributed by atoms with Crippen LogP contribution in [0.2, 0.25) is 5.02 Å². The van der Waals surface area contributed by atoms with Crippen LogP contribution < -0.4 is 15.8 Å². The van der Waals surface area contributed by atoms with Crippen molar-refractivity contribution >= 4 is 28.9 Å². The second-order valence-corrected chi connectivity index (χ2v) is 4.77. The molecular weight excluding hydrogens is 292 g/mol. The molecular formula is C15H15ClN2O3.